The van der Waals surface area contributed by atoms with E-state index in [1.54, 1.807) is 30.5 Å². The van der Waals surface area contributed by atoms with Gasteiger partial charge in [0.1, 0.15) is 5.69 Å². The Balaban J connectivity index is 1.69. The van der Waals surface area contributed by atoms with Crippen LogP contribution in [0.4, 0.5) is 13.2 Å². The first kappa shape index (κ1) is 19.0. The van der Waals surface area contributed by atoms with E-state index in [1.165, 1.54) is 16.2 Å². The Hall–Kier alpha value is -3.02. The summed E-state index contributed by atoms with van der Waals surface area (Å²) in [6.45, 7) is 0.519. The van der Waals surface area contributed by atoms with E-state index in [0.717, 1.165) is 31.2 Å². The molecule has 1 aromatic heterocycles. The fourth-order valence-corrected chi connectivity index (χ4v) is 4.61. The van der Waals surface area contributed by atoms with Crippen LogP contribution in [0.2, 0.25) is 0 Å². The normalized spacial score (nSPS) is 19.4. The van der Waals surface area contributed by atoms with E-state index in [4.69, 9.17) is 0 Å². The lowest BCUT2D eigenvalue weighted by atomic mass is 9.88. The van der Waals surface area contributed by atoms with Crippen LogP contribution >= 0.6 is 0 Å². The van der Waals surface area contributed by atoms with Crippen molar-refractivity contribution in [2.24, 2.45) is 4.99 Å². The largest absolute Gasteiger partial charge is 0.431 e. The van der Waals surface area contributed by atoms with Crippen LogP contribution in [0.3, 0.4) is 0 Å². The van der Waals surface area contributed by atoms with E-state index in [-0.39, 0.29) is 6.04 Å². The Morgan fingerprint density at radius 1 is 0.967 bits per heavy atom. The Morgan fingerprint density at radius 2 is 1.73 bits per heavy atom. The van der Waals surface area contributed by atoms with Gasteiger partial charge < -0.3 is 4.90 Å². The lowest BCUT2D eigenvalue weighted by Crippen LogP contribution is -2.47. The second kappa shape index (κ2) is 7.35. The smallest absolute Gasteiger partial charge is 0.331 e. The van der Waals surface area contributed by atoms with Gasteiger partial charge in [-0.1, -0.05) is 55.0 Å². The number of hydrogen-bond donors (Lipinski definition) is 0. The molecule has 1 unspecified atom stereocenters. The van der Waals surface area contributed by atoms with Crippen LogP contribution in [-0.2, 0) is 12.7 Å². The summed E-state index contributed by atoms with van der Waals surface area (Å²) in [4.78, 5) is 6.66. The topological polar surface area (TPSA) is 20.5 Å². The van der Waals surface area contributed by atoms with Crippen molar-refractivity contribution in [3.63, 3.8) is 0 Å². The highest BCUT2D eigenvalue weighted by Crippen LogP contribution is 2.37. The number of rotatable bonds is 2. The van der Waals surface area contributed by atoms with Crippen LogP contribution in [0.1, 0.15) is 36.9 Å². The standard InChI is InChI=1S/C24H22F3N3/c25-24(26,27)22-14-18-10-4-7-13-21(18)30(22)23-28-15-19-11-5-6-12-20(19)29(23)16-17-8-2-1-3-9-17/h1-4,7-10,13-15,20H,5-6,11-12,16H2. The van der Waals surface area contributed by atoms with Crippen LogP contribution in [0, 0.1) is 0 Å². The summed E-state index contributed by atoms with van der Waals surface area (Å²) in [7, 11) is 0. The van der Waals surface area contributed by atoms with Crippen LogP contribution in [0.15, 0.2) is 77.4 Å². The quantitative estimate of drug-likeness (QED) is 0.493. The highest BCUT2D eigenvalue weighted by Gasteiger charge is 2.39. The number of halogens is 3. The summed E-state index contributed by atoms with van der Waals surface area (Å²) < 4.78 is 43.3. The first-order valence-electron chi connectivity index (χ1n) is 10.3. The van der Waals surface area contributed by atoms with Gasteiger partial charge in [0.25, 0.3) is 0 Å². The number of para-hydroxylation sites is 1. The van der Waals surface area contributed by atoms with Crippen molar-refractivity contribution < 1.29 is 13.2 Å². The van der Waals surface area contributed by atoms with E-state index < -0.39 is 11.9 Å². The molecule has 30 heavy (non-hydrogen) atoms. The first-order chi connectivity index (χ1) is 14.5. The van der Waals surface area contributed by atoms with Gasteiger partial charge in [-0.3, -0.25) is 4.57 Å². The molecule has 0 bridgehead atoms. The zero-order chi connectivity index (χ0) is 20.7. The summed E-state index contributed by atoms with van der Waals surface area (Å²) in [5, 5.41) is 0.561. The van der Waals surface area contributed by atoms with Gasteiger partial charge in [-0.15, -0.1) is 0 Å². The minimum absolute atomic E-state index is 0.0775. The molecule has 1 saturated carbocycles. The molecular formula is C24H22F3N3. The average molecular weight is 409 g/mol. The van der Waals surface area contributed by atoms with Crippen LogP contribution in [0.25, 0.3) is 10.9 Å². The molecule has 1 aliphatic heterocycles. The molecule has 1 fully saturated rings. The van der Waals surface area contributed by atoms with E-state index in [0.29, 0.717) is 23.4 Å². The number of nitrogens with zero attached hydrogens (tertiary/aromatic N) is 3. The first-order valence-corrected chi connectivity index (χ1v) is 10.3. The third-order valence-corrected chi connectivity index (χ3v) is 6.00. The molecule has 3 nitrogen and oxygen atoms in total. The summed E-state index contributed by atoms with van der Waals surface area (Å²) in [6, 6.07) is 18.2. The van der Waals surface area contributed by atoms with Gasteiger partial charge in [0, 0.05) is 18.1 Å². The molecule has 0 radical (unpaired) electrons. The molecule has 0 N–H and O–H groups in total. The molecule has 6 heteroatoms. The van der Waals surface area contributed by atoms with Crippen molar-refractivity contribution in [3.05, 3.63) is 83.7 Å². The molecule has 0 spiro atoms. The fourth-order valence-electron chi connectivity index (χ4n) is 4.61. The molecule has 0 amide bonds. The van der Waals surface area contributed by atoms with Gasteiger partial charge in [-0.25, -0.2) is 4.99 Å². The molecule has 1 atom stereocenters. The van der Waals surface area contributed by atoms with Gasteiger partial charge in [0.05, 0.1) is 11.6 Å². The second-order valence-electron chi connectivity index (χ2n) is 7.93. The summed E-state index contributed by atoms with van der Waals surface area (Å²) >= 11 is 0. The number of alkyl halides is 3. The van der Waals surface area contributed by atoms with E-state index >= 15 is 0 Å². The maximum absolute atomic E-state index is 14.0. The van der Waals surface area contributed by atoms with E-state index in [2.05, 4.69) is 9.89 Å². The van der Waals surface area contributed by atoms with Crippen molar-refractivity contribution in [3.8, 4) is 0 Å². The summed E-state index contributed by atoms with van der Waals surface area (Å²) in [6.07, 6.45) is 1.38. The zero-order valence-electron chi connectivity index (χ0n) is 16.4. The number of aliphatic imine (C=N–C) groups is 1. The molecule has 1 aliphatic carbocycles. The third kappa shape index (κ3) is 3.30. The lowest BCUT2D eigenvalue weighted by molar-refractivity contribution is -0.141. The molecule has 154 valence electrons. The van der Waals surface area contributed by atoms with Crippen molar-refractivity contribution in [1.29, 1.82) is 0 Å². The molecule has 0 saturated heterocycles. The van der Waals surface area contributed by atoms with Gasteiger partial charge in [-0.05, 0) is 42.5 Å². The summed E-state index contributed by atoms with van der Waals surface area (Å²) in [5.41, 5.74) is 2.11. The molecule has 3 aromatic rings. The monoisotopic (exact) mass is 409 g/mol. The molecule has 2 aromatic carbocycles. The van der Waals surface area contributed by atoms with Gasteiger partial charge in [0.15, 0.2) is 0 Å². The maximum atomic E-state index is 14.0. The third-order valence-electron chi connectivity index (χ3n) is 6.00. The zero-order valence-corrected chi connectivity index (χ0v) is 16.4. The Labute approximate surface area is 173 Å². The van der Waals surface area contributed by atoms with Crippen molar-refractivity contribution in [1.82, 2.24) is 9.47 Å². The van der Waals surface area contributed by atoms with Crippen molar-refractivity contribution >= 4 is 16.9 Å². The van der Waals surface area contributed by atoms with Crippen molar-refractivity contribution in [2.75, 3.05) is 0 Å². The van der Waals surface area contributed by atoms with E-state index in [1.807, 2.05) is 30.3 Å². The van der Waals surface area contributed by atoms with Gasteiger partial charge in [-0.2, -0.15) is 13.2 Å². The van der Waals surface area contributed by atoms with Crippen LogP contribution < -0.4 is 0 Å². The van der Waals surface area contributed by atoms with E-state index in [9.17, 15) is 13.2 Å². The number of hydrogen-bond acceptors (Lipinski definition) is 2. The van der Waals surface area contributed by atoms with Crippen LogP contribution in [-0.4, -0.2) is 21.5 Å². The Morgan fingerprint density at radius 3 is 2.53 bits per heavy atom. The highest BCUT2D eigenvalue weighted by atomic mass is 19.4. The predicted molar refractivity (Wildman–Crippen MR) is 112 cm³/mol. The fraction of sp³-hybridized carbons (Fsp3) is 0.292. The number of fused-ring (bicyclic) bond motifs is 2. The van der Waals surface area contributed by atoms with Crippen LogP contribution in [0.5, 0.6) is 0 Å². The van der Waals surface area contributed by atoms with Gasteiger partial charge in [0.2, 0.25) is 5.96 Å². The summed E-state index contributed by atoms with van der Waals surface area (Å²) in [5.74, 6) is 0.350. The Kier molecular flexibility index (Phi) is 4.65. The minimum Gasteiger partial charge on any atom is -0.331 e. The minimum atomic E-state index is -4.48. The molecule has 2 aliphatic rings. The lowest BCUT2D eigenvalue weighted by Gasteiger charge is -2.41. The van der Waals surface area contributed by atoms with Crippen molar-refractivity contribution in [2.45, 2.75) is 44.4 Å². The number of benzene rings is 2. The SMILES string of the molecule is FC(F)(F)c1cc2ccccc2n1C1=NC=C2CCCCC2N1Cc1ccccc1. The maximum Gasteiger partial charge on any atom is 0.431 e. The highest BCUT2D eigenvalue weighted by molar-refractivity contribution is 5.96. The average Bonchev–Trinajstić information content (AvgIpc) is 3.15. The number of aromatic nitrogens is 1. The van der Waals surface area contributed by atoms with Gasteiger partial charge >= 0.3 is 6.18 Å². The molecule has 5 rings (SSSR count). The molecular weight excluding hydrogens is 387 g/mol. The Bertz CT molecular complexity index is 1130. The molecule has 2 heterocycles. The second-order valence-corrected chi connectivity index (χ2v) is 7.93. The predicted octanol–water partition coefficient (Wildman–Crippen LogP) is 6.21.